The third-order valence-electron chi connectivity index (χ3n) is 6.44. The largest absolute Gasteiger partial charge is 0.478 e. The standard InChI is InChI=1S/C25H28FN5O3/c1-29-11-13-30(14-12-29)21-16-18(26)15-17-3-8-22(34-23(17)21)24(32)28-19-4-6-20(7-5-19)31-10-2-9-27-25(31)33/h2,4-7,10,15-16,22H,3,8-9,11-14H2,1H3,(H,27,33)(H,28,32). The molecule has 2 aromatic carbocycles. The van der Waals surface area contributed by atoms with Crippen molar-refractivity contribution in [2.45, 2.75) is 18.9 Å². The van der Waals surface area contributed by atoms with Gasteiger partial charge in [0, 0.05) is 50.7 Å². The van der Waals surface area contributed by atoms with E-state index in [1.54, 1.807) is 30.5 Å². The summed E-state index contributed by atoms with van der Waals surface area (Å²) in [6.07, 6.45) is 3.96. The van der Waals surface area contributed by atoms with Crippen LogP contribution in [0, 0.1) is 5.82 Å². The summed E-state index contributed by atoms with van der Waals surface area (Å²) in [5.74, 6) is 0.0785. The van der Waals surface area contributed by atoms with Gasteiger partial charge in [-0.05, 0) is 61.9 Å². The summed E-state index contributed by atoms with van der Waals surface area (Å²) in [4.78, 5) is 30.9. The van der Waals surface area contributed by atoms with Crippen LogP contribution < -0.4 is 25.2 Å². The van der Waals surface area contributed by atoms with E-state index in [1.165, 1.54) is 17.0 Å². The number of ether oxygens (including phenoxy) is 1. The van der Waals surface area contributed by atoms with Gasteiger partial charge in [0.1, 0.15) is 11.6 Å². The van der Waals surface area contributed by atoms with Gasteiger partial charge in [-0.1, -0.05) is 0 Å². The average Bonchev–Trinajstić information content (AvgIpc) is 2.84. The molecular weight excluding hydrogens is 437 g/mol. The summed E-state index contributed by atoms with van der Waals surface area (Å²) in [5, 5.41) is 5.65. The molecule has 0 radical (unpaired) electrons. The van der Waals surface area contributed by atoms with Crippen LogP contribution in [0.4, 0.5) is 26.2 Å². The summed E-state index contributed by atoms with van der Waals surface area (Å²) in [5.41, 5.74) is 2.84. The highest BCUT2D eigenvalue weighted by Gasteiger charge is 2.31. The van der Waals surface area contributed by atoms with E-state index in [0.29, 0.717) is 36.5 Å². The molecule has 0 aliphatic carbocycles. The fourth-order valence-electron chi connectivity index (χ4n) is 4.50. The number of hydrogen-bond acceptors (Lipinski definition) is 5. The van der Waals surface area contributed by atoms with Gasteiger partial charge in [0.15, 0.2) is 6.10 Å². The van der Waals surface area contributed by atoms with E-state index in [1.807, 2.05) is 6.08 Å². The molecule has 1 unspecified atom stereocenters. The van der Waals surface area contributed by atoms with E-state index < -0.39 is 6.10 Å². The predicted octanol–water partition coefficient (Wildman–Crippen LogP) is 2.95. The lowest BCUT2D eigenvalue weighted by atomic mass is 9.99. The predicted molar refractivity (Wildman–Crippen MR) is 129 cm³/mol. The summed E-state index contributed by atoms with van der Waals surface area (Å²) >= 11 is 0. The number of amides is 3. The lowest BCUT2D eigenvalue weighted by Gasteiger charge is -2.37. The van der Waals surface area contributed by atoms with Gasteiger partial charge in [-0.25, -0.2) is 9.18 Å². The van der Waals surface area contributed by atoms with Crippen molar-refractivity contribution >= 4 is 29.0 Å². The van der Waals surface area contributed by atoms with Crippen LogP contribution >= 0.6 is 0 Å². The SMILES string of the molecule is CN1CCN(c2cc(F)cc3c2OC(C(=O)Nc2ccc(N4C=CCNC4=O)cc2)CC3)CC1. The van der Waals surface area contributed by atoms with Gasteiger partial charge in [-0.15, -0.1) is 0 Å². The fraction of sp³-hybridized carbons (Fsp3) is 0.360. The minimum Gasteiger partial charge on any atom is -0.478 e. The third-order valence-corrected chi connectivity index (χ3v) is 6.44. The molecule has 3 aliphatic heterocycles. The number of carbonyl (C=O) groups excluding carboxylic acids is 2. The van der Waals surface area contributed by atoms with Gasteiger partial charge in [0.25, 0.3) is 5.91 Å². The summed E-state index contributed by atoms with van der Waals surface area (Å²) in [7, 11) is 2.07. The van der Waals surface area contributed by atoms with Crippen molar-refractivity contribution in [2.24, 2.45) is 0 Å². The molecule has 3 amide bonds. The van der Waals surface area contributed by atoms with Crippen molar-refractivity contribution in [3.05, 3.63) is 60.1 Å². The van der Waals surface area contributed by atoms with Gasteiger partial charge >= 0.3 is 6.03 Å². The molecule has 178 valence electrons. The Labute approximate surface area is 198 Å². The zero-order chi connectivity index (χ0) is 23.7. The molecule has 3 heterocycles. The van der Waals surface area contributed by atoms with Crippen LogP contribution in [0.5, 0.6) is 5.75 Å². The van der Waals surface area contributed by atoms with E-state index in [9.17, 15) is 14.0 Å². The second-order valence-corrected chi connectivity index (χ2v) is 8.83. The topological polar surface area (TPSA) is 77.2 Å². The molecule has 0 saturated carbocycles. The molecular formula is C25H28FN5O3. The number of anilines is 3. The highest BCUT2D eigenvalue weighted by molar-refractivity contribution is 5.97. The molecule has 3 aliphatic rings. The van der Waals surface area contributed by atoms with Crippen LogP contribution in [0.3, 0.4) is 0 Å². The summed E-state index contributed by atoms with van der Waals surface area (Å²) in [6, 6.07) is 9.88. The van der Waals surface area contributed by atoms with Crippen molar-refractivity contribution < 1.29 is 18.7 Å². The van der Waals surface area contributed by atoms with Gasteiger partial charge in [0.2, 0.25) is 0 Å². The smallest absolute Gasteiger partial charge is 0.326 e. The number of likely N-dealkylation sites (N-methyl/N-ethyl adjacent to an activating group) is 1. The number of benzene rings is 2. The van der Waals surface area contributed by atoms with Gasteiger partial charge in [-0.2, -0.15) is 0 Å². The van der Waals surface area contributed by atoms with E-state index >= 15 is 0 Å². The van der Waals surface area contributed by atoms with Crippen molar-refractivity contribution in [1.82, 2.24) is 10.2 Å². The number of aryl methyl sites for hydroxylation is 1. The number of nitrogens with zero attached hydrogens (tertiary/aromatic N) is 3. The summed E-state index contributed by atoms with van der Waals surface area (Å²) < 4.78 is 20.5. The second-order valence-electron chi connectivity index (χ2n) is 8.83. The van der Waals surface area contributed by atoms with E-state index in [2.05, 4.69) is 27.5 Å². The van der Waals surface area contributed by atoms with Gasteiger partial charge in [0.05, 0.1) is 11.4 Å². The molecule has 0 spiro atoms. The Hall–Kier alpha value is -3.59. The number of rotatable bonds is 4. The van der Waals surface area contributed by atoms with E-state index in [4.69, 9.17) is 4.74 Å². The van der Waals surface area contributed by atoms with Crippen molar-refractivity contribution in [3.63, 3.8) is 0 Å². The Bertz CT molecular complexity index is 1110. The molecule has 0 aromatic heterocycles. The maximum atomic E-state index is 14.3. The lowest BCUT2D eigenvalue weighted by Crippen LogP contribution is -2.45. The molecule has 34 heavy (non-hydrogen) atoms. The molecule has 1 atom stereocenters. The Balaban J connectivity index is 1.28. The van der Waals surface area contributed by atoms with Crippen LogP contribution in [0.1, 0.15) is 12.0 Å². The van der Waals surface area contributed by atoms with E-state index in [-0.39, 0.29) is 17.8 Å². The molecule has 9 heteroatoms. The van der Waals surface area contributed by atoms with Crippen LogP contribution in [-0.4, -0.2) is 62.7 Å². The number of halogens is 1. The molecule has 2 aromatic rings. The number of urea groups is 1. The molecule has 8 nitrogen and oxygen atoms in total. The quantitative estimate of drug-likeness (QED) is 0.726. The molecule has 1 saturated heterocycles. The van der Waals surface area contributed by atoms with E-state index in [0.717, 1.165) is 37.4 Å². The number of fused-ring (bicyclic) bond motifs is 1. The zero-order valence-electron chi connectivity index (χ0n) is 19.1. The Morgan fingerprint density at radius 3 is 2.65 bits per heavy atom. The van der Waals surface area contributed by atoms with Gasteiger partial charge < -0.3 is 25.2 Å². The molecule has 2 N–H and O–H groups in total. The number of carbonyl (C=O) groups is 2. The Morgan fingerprint density at radius 2 is 1.91 bits per heavy atom. The molecule has 1 fully saturated rings. The van der Waals surface area contributed by atoms with Crippen molar-refractivity contribution in [1.29, 1.82) is 0 Å². The van der Waals surface area contributed by atoms with Crippen molar-refractivity contribution in [2.75, 3.05) is 54.9 Å². The van der Waals surface area contributed by atoms with Crippen molar-refractivity contribution in [3.8, 4) is 5.75 Å². The maximum Gasteiger partial charge on any atom is 0.326 e. The number of piperazine rings is 1. The minimum absolute atomic E-state index is 0.193. The van der Waals surface area contributed by atoms with Crippen LogP contribution in [0.2, 0.25) is 0 Å². The number of hydrogen-bond donors (Lipinski definition) is 2. The fourth-order valence-corrected chi connectivity index (χ4v) is 4.50. The monoisotopic (exact) mass is 465 g/mol. The van der Waals surface area contributed by atoms with Crippen LogP contribution in [-0.2, 0) is 11.2 Å². The first-order chi connectivity index (χ1) is 16.5. The highest BCUT2D eigenvalue weighted by atomic mass is 19.1. The first-order valence-corrected chi connectivity index (χ1v) is 11.5. The maximum absolute atomic E-state index is 14.3. The second kappa shape index (κ2) is 9.34. The highest BCUT2D eigenvalue weighted by Crippen LogP contribution is 2.39. The summed E-state index contributed by atoms with van der Waals surface area (Å²) in [6.45, 7) is 3.85. The van der Waals surface area contributed by atoms with Crippen LogP contribution in [0.25, 0.3) is 0 Å². The first kappa shape index (κ1) is 22.2. The molecule has 5 rings (SSSR count). The first-order valence-electron chi connectivity index (χ1n) is 11.5. The zero-order valence-corrected chi connectivity index (χ0v) is 19.1. The van der Waals surface area contributed by atoms with Crippen LogP contribution in [0.15, 0.2) is 48.7 Å². The molecule has 0 bridgehead atoms. The minimum atomic E-state index is -0.667. The number of nitrogens with one attached hydrogen (secondary N) is 2. The third kappa shape index (κ3) is 4.56. The Kier molecular flexibility index (Phi) is 6.10. The Morgan fingerprint density at radius 1 is 1.15 bits per heavy atom. The van der Waals surface area contributed by atoms with Gasteiger partial charge in [-0.3, -0.25) is 9.69 Å². The average molecular weight is 466 g/mol. The normalized spacial score (nSPS) is 20.4. The lowest BCUT2D eigenvalue weighted by molar-refractivity contribution is -0.123.